The first-order valence-electron chi connectivity index (χ1n) is 12.1. The molecule has 0 bridgehead atoms. The Morgan fingerprint density at radius 2 is 1.84 bits per heavy atom. The number of amides is 2. The number of alkyl halides is 3. The van der Waals surface area contributed by atoms with Crippen molar-refractivity contribution < 1.29 is 32.2 Å². The predicted octanol–water partition coefficient (Wildman–Crippen LogP) is 6.18. The van der Waals surface area contributed by atoms with Gasteiger partial charge in [0.25, 0.3) is 0 Å². The molecule has 7 nitrogen and oxygen atoms in total. The van der Waals surface area contributed by atoms with Crippen LogP contribution in [0.25, 0.3) is 11.1 Å². The molecular weight excluding hydrogens is 499 g/mol. The van der Waals surface area contributed by atoms with Crippen molar-refractivity contribution in [1.82, 2.24) is 10.3 Å². The molecule has 0 aliphatic rings. The van der Waals surface area contributed by atoms with Crippen molar-refractivity contribution in [1.29, 1.82) is 0 Å². The average Bonchev–Trinajstić information content (AvgIpc) is 2.90. The minimum Gasteiger partial charge on any atom is -0.496 e. The van der Waals surface area contributed by atoms with E-state index in [1.54, 1.807) is 50.2 Å². The first-order chi connectivity index (χ1) is 18.1. The second kappa shape index (κ2) is 12.4. The lowest BCUT2D eigenvalue weighted by atomic mass is 9.88. The molecule has 3 rings (SSSR count). The van der Waals surface area contributed by atoms with Gasteiger partial charge in [-0.25, -0.2) is 9.78 Å². The second-order valence-corrected chi connectivity index (χ2v) is 8.43. The van der Waals surface area contributed by atoms with Crippen LogP contribution in [0.3, 0.4) is 0 Å². The molecule has 1 aromatic heterocycles. The smallest absolute Gasteiger partial charge is 0.416 e. The summed E-state index contributed by atoms with van der Waals surface area (Å²) in [5.41, 5.74) is 0.763. The van der Waals surface area contributed by atoms with Gasteiger partial charge >= 0.3 is 18.2 Å². The SMILES string of the molecule is CCOC(=O)Cc1cccc(OC)c1-c1ccc(C(F)(F)F)cc1C(CC)NC(=O)N(C)c1ccccn1. The number of nitrogens with zero attached hydrogens (tertiary/aromatic N) is 2. The molecule has 10 heteroatoms. The van der Waals surface area contributed by atoms with E-state index < -0.39 is 29.8 Å². The summed E-state index contributed by atoms with van der Waals surface area (Å²) >= 11 is 0. The summed E-state index contributed by atoms with van der Waals surface area (Å²) < 4.78 is 52.0. The molecule has 0 aliphatic heterocycles. The van der Waals surface area contributed by atoms with Gasteiger partial charge in [-0.3, -0.25) is 9.69 Å². The molecule has 3 aromatic rings. The zero-order valence-corrected chi connectivity index (χ0v) is 21.6. The third-order valence-corrected chi connectivity index (χ3v) is 6.00. The summed E-state index contributed by atoms with van der Waals surface area (Å²) in [6.07, 6.45) is -2.88. The van der Waals surface area contributed by atoms with Gasteiger partial charge < -0.3 is 14.8 Å². The number of urea groups is 1. The van der Waals surface area contributed by atoms with Gasteiger partial charge in [0, 0.05) is 18.8 Å². The standard InChI is InChI=1S/C28H30F3N3O4/c1-5-22(33-27(36)34(3)24-12-7-8-15-32-24)21-17-19(28(29,30)31)13-14-20(21)26-18(16-25(35)38-6-2)10-9-11-23(26)37-4/h7-15,17,22H,5-6,16H2,1-4H3,(H,33,36). The van der Waals surface area contributed by atoms with Crippen LogP contribution in [0.4, 0.5) is 23.8 Å². The van der Waals surface area contributed by atoms with Crippen LogP contribution in [-0.2, 0) is 22.1 Å². The van der Waals surface area contributed by atoms with Gasteiger partial charge in [-0.1, -0.05) is 31.2 Å². The summed E-state index contributed by atoms with van der Waals surface area (Å²) in [5.74, 6) is 0.276. The molecule has 2 amide bonds. The van der Waals surface area contributed by atoms with Crippen LogP contribution in [0, 0.1) is 0 Å². The number of carbonyl (C=O) groups excluding carboxylic acids is 2. The zero-order valence-electron chi connectivity index (χ0n) is 21.6. The van der Waals surface area contributed by atoms with E-state index >= 15 is 0 Å². The Balaban J connectivity index is 2.14. The van der Waals surface area contributed by atoms with Gasteiger partial charge in [0.1, 0.15) is 11.6 Å². The third-order valence-electron chi connectivity index (χ3n) is 6.00. The van der Waals surface area contributed by atoms with Crippen molar-refractivity contribution in [3.8, 4) is 16.9 Å². The molecule has 0 saturated heterocycles. The molecule has 0 radical (unpaired) electrons. The van der Waals surface area contributed by atoms with Crippen molar-refractivity contribution in [3.05, 3.63) is 77.5 Å². The summed E-state index contributed by atoms with van der Waals surface area (Å²) in [7, 11) is 2.97. The number of benzene rings is 2. The Labute approximate surface area is 219 Å². The lowest BCUT2D eigenvalue weighted by Crippen LogP contribution is -2.40. The maximum Gasteiger partial charge on any atom is 0.416 e. The number of halogens is 3. The molecular formula is C28H30F3N3O4. The number of ether oxygens (including phenoxy) is 2. The number of rotatable bonds is 9. The molecule has 1 heterocycles. The fourth-order valence-electron chi connectivity index (χ4n) is 4.12. The highest BCUT2D eigenvalue weighted by atomic mass is 19.4. The van der Waals surface area contributed by atoms with Crippen LogP contribution < -0.4 is 15.0 Å². The highest BCUT2D eigenvalue weighted by Gasteiger charge is 2.33. The molecule has 0 saturated carbocycles. The van der Waals surface area contributed by atoms with Gasteiger partial charge in [-0.2, -0.15) is 13.2 Å². The van der Waals surface area contributed by atoms with Crippen LogP contribution in [0.1, 0.15) is 43.0 Å². The Kier molecular flexibility index (Phi) is 9.33. The lowest BCUT2D eigenvalue weighted by molar-refractivity contribution is -0.142. The second-order valence-electron chi connectivity index (χ2n) is 8.43. The minimum absolute atomic E-state index is 0.105. The topological polar surface area (TPSA) is 80.8 Å². The number of hydrogen-bond acceptors (Lipinski definition) is 5. The lowest BCUT2D eigenvalue weighted by Gasteiger charge is -2.26. The number of anilines is 1. The molecule has 1 N–H and O–H groups in total. The number of esters is 1. The van der Waals surface area contributed by atoms with Crippen molar-refractivity contribution in [2.45, 2.75) is 38.9 Å². The number of carbonyl (C=O) groups is 2. The first-order valence-corrected chi connectivity index (χ1v) is 12.1. The molecule has 2 aromatic carbocycles. The number of methoxy groups -OCH3 is 1. The van der Waals surface area contributed by atoms with Gasteiger partial charge in [0.05, 0.1) is 31.7 Å². The quantitative estimate of drug-likeness (QED) is 0.335. The summed E-state index contributed by atoms with van der Waals surface area (Å²) in [4.78, 5) is 30.9. The number of pyridine rings is 1. The molecule has 1 atom stereocenters. The van der Waals surface area contributed by atoms with Crippen molar-refractivity contribution in [2.75, 3.05) is 25.7 Å². The fraction of sp³-hybridized carbons (Fsp3) is 0.321. The van der Waals surface area contributed by atoms with Crippen LogP contribution >= 0.6 is 0 Å². The summed E-state index contributed by atoms with van der Waals surface area (Å²) in [6, 6.07) is 12.2. The number of aromatic nitrogens is 1. The summed E-state index contributed by atoms with van der Waals surface area (Å²) in [6.45, 7) is 3.64. The molecule has 0 aliphatic carbocycles. The maximum absolute atomic E-state index is 13.8. The number of hydrogen-bond donors (Lipinski definition) is 1. The normalized spacial score (nSPS) is 12.0. The van der Waals surface area contributed by atoms with E-state index in [0.29, 0.717) is 34.7 Å². The van der Waals surface area contributed by atoms with E-state index in [1.807, 2.05) is 0 Å². The van der Waals surface area contributed by atoms with E-state index in [9.17, 15) is 22.8 Å². The van der Waals surface area contributed by atoms with E-state index in [1.165, 1.54) is 31.3 Å². The fourth-order valence-corrected chi connectivity index (χ4v) is 4.12. The third kappa shape index (κ3) is 6.62. The van der Waals surface area contributed by atoms with Crippen LogP contribution in [-0.4, -0.2) is 37.7 Å². The van der Waals surface area contributed by atoms with Crippen molar-refractivity contribution in [2.24, 2.45) is 0 Å². The van der Waals surface area contributed by atoms with Crippen LogP contribution in [0.5, 0.6) is 5.75 Å². The van der Waals surface area contributed by atoms with E-state index in [2.05, 4.69) is 10.3 Å². The van der Waals surface area contributed by atoms with Gasteiger partial charge in [-0.05, 0) is 60.4 Å². The maximum atomic E-state index is 13.8. The van der Waals surface area contributed by atoms with Crippen molar-refractivity contribution in [3.63, 3.8) is 0 Å². The first kappa shape index (κ1) is 28.5. The monoisotopic (exact) mass is 529 g/mol. The Morgan fingerprint density at radius 1 is 1.08 bits per heavy atom. The van der Waals surface area contributed by atoms with Crippen LogP contribution in [0.15, 0.2) is 60.8 Å². The highest BCUT2D eigenvalue weighted by molar-refractivity contribution is 5.91. The molecule has 202 valence electrons. The van der Waals surface area contributed by atoms with Crippen LogP contribution in [0.2, 0.25) is 0 Å². The molecule has 1 unspecified atom stereocenters. The Hall–Kier alpha value is -4.08. The van der Waals surface area contributed by atoms with Gasteiger partial charge in [0.15, 0.2) is 0 Å². The summed E-state index contributed by atoms with van der Waals surface area (Å²) in [5, 5.41) is 2.84. The molecule has 38 heavy (non-hydrogen) atoms. The van der Waals surface area contributed by atoms with E-state index in [4.69, 9.17) is 9.47 Å². The predicted molar refractivity (Wildman–Crippen MR) is 138 cm³/mol. The largest absolute Gasteiger partial charge is 0.496 e. The average molecular weight is 530 g/mol. The van der Waals surface area contributed by atoms with E-state index in [-0.39, 0.29) is 18.6 Å². The number of nitrogens with one attached hydrogen (secondary N) is 1. The van der Waals surface area contributed by atoms with Gasteiger partial charge in [0.2, 0.25) is 0 Å². The molecule has 0 spiro atoms. The Bertz CT molecular complexity index is 1270. The molecule has 0 fully saturated rings. The van der Waals surface area contributed by atoms with E-state index in [0.717, 1.165) is 12.1 Å². The Morgan fingerprint density at radius 3 is 2.45 bits per heavy atom. The zero-order chi connectivity index (χ0) is 27.9. The van der Waals surface area contributed by atoms with Gasteiger partial charge in [-0.15, -0.1) is 0 Å². The van der Waals surface area contributed by atoms with Crippen molar-refractivity contribution >= 4 is 17.8 Å². The highest BCUT2D eigenvalue weighted by Crippen LogP contribution is 2.41. The minimum atomic E-state index is -4.60.